The predicted molar refractivity (Wildman–Crippen MR) is 308 cm³/mol. The molecular formula is C69H49BN2. The summed E-state index contributed by atoms with van der Waals surface area (Å²) >= 11 is 0. The van der Waals surface area contributed by atoms with E-state index in [9.17, 15) is 0 Å². The lowest BCUT2D eigenvalue weighted by molar-refractivity contribution is 0.641. The Morgan fingerprint density at radius 2 is 0.750 bits per heavy atom. The average Bonchev–Trinajstić information content (AvgIpc) is 3.45. The van der Waals surface area contributed by atoms with Crippen LogP contribution in [0.2, 0.25) is 0 Å². The van der Waals surface area contributed by atoms with Crippen molar-refractivity contribution < 1.29 is 0 Å². The highest BCUT2D eigenvalue weighted by Crippen LogP contribution is 2.51. The first-order valence-electron chi connectivity index (χ1n) is 25.2. The summed E-state index contributed by atoms with van der Waals surface area (Å²) in [6.07, 6.45) is 0. The molecule has 0 spiro atoms. The molecule has 72 heavy (non-hydrogen) atoms. The Labute approximate surface area is 421 Å². The molecule has 12 aromatic rings. The normalized spacial score (nSPS) is 12.8. The molecule has 12 aromatic carbocycles. The summed E-state index contributed by atoms with van der Waals surface area (Å²) in [4.78, 5) is 5.09. The largest absolute Gasteiger partial charge is 0.311 e. The molecular weight excluding hydrogens is 868 g/mol. The van der Waals surface area contributed by atoms with Crippen LogP contribution in [-0.4, -0.2) is 6.71 Å². The van der Waals surface area contributed by atoms with E-state index < -0.39 is 0 Å². The molecule has 3 heteroatoms. The lowest BCUT2D eigenvalue weighted by Crippen LogP contribution is -2.61. The molecule has 2 aliphatic rings. The minimum absolute atomic E-state index is 0.00735. The Kier molecular flexibility index (Phi) is 9.69. The van der Waals surface area contributed by atoms with Crippen molar-refractivity contribution in [2.75, 3.05) is 9.80 Å². The van der Waals surface area contributed by atoms with Crippen LogP contribution < -0.4 is 26.2 Å². The fourth-order valence-corrected chi connectivity index (χ4v) is 12.3. The van der Waals surface area contributed by atoms with Gasteiger partial charge in [0.1, 0.15) is 0 Å². The number of para-hydroxylation sites is 3. The summed E-state index contributed by atoms with van der Waals surface area (Å²) in [6, 6.07) is 97.0. The van der Waals surface area contributed by atoms with Crippen molar-refractivity contribution in [3.05, 3.63) is 272 Å². The van der Waals surface area contributed by atoms with Gasteiger partial charge in [0, 0.05) is 39.5 Å². The van der Waals surface area contributed by atoms with Crippen LogP contribution in [-0.2, 0) is 5.41 Å². The lowest BCUT2D eigenvalue weighted by atomic mass is 9.33. The maximum absolute atomic E-state index is 2.56. The van der Waals surface area contributed by atoms with Crippen LogP contribution in [0, 0.1) is 0 Å². The predicted octanol–water partition coefficient (Wildman–Crippen LogP) is 16.6. The van der Waals surface area contributed by atoms with E-state index >= 15 is 0 Å². The topological polar surface area (TPSA) is 6.48 Å². The molecule has 0 aliphatic carbocycles. The first kappa shape index (κ1) is 42.0. The molecule has 0 amide bonds. The van der Waals surface area contributed by atoms with Gasteiger partial charge in [0.2, 0.25) is 0 Å². The molecule has 0 radical (unpaired) electrons. The number of fused-ring (bicyclic) bond motifs is 7. The highest BCUT2D eigenvalue weighted by molar-refractivity contribution is 7.00. The van der Waals surface area contributed by atoms with E-state index in [1.807, 2.05) is 0 Å². The van der Waals surface area contributed by atoms with Gasteiger partial charge in [0.15, 0.2) is 0 Å². The van der Waals surface area contributed by atoms with Crippen LogP contribution in [0.4, 0.5) is 34.1 Å². The van der Waals surface area contributed by atoms with Gasteiger partial charge >= 0.3 is 0 Å². The fraction of sp³-hybridized carbons (Fsp3) is 0.0435. The van der Waals surface area contributed by atoms with Gasteiger partial charge in [0.05, 0.1) is 0 Å². The highest BCUT2D eigenvalue weighted by Gasteiger charge is 2.44. The van der Waals surface area contributed by atoms with Crippen molar-refractivity contribution in [1.82, 2.24) is 0 Å². The van der Waals surface area contributed by atoms with Gasteiger partial charge in [-0.05, 0) is 142 Å². The zero-order valence-corrected chi connectivity index (χ0v) is 40.3. The molecule has 338 valence electrons. The van der Waals surface area contributed by atoms with E-state index in [0.717, 1.165) is 11.4 Å². The zero-order valence-electron chi connectivity index (χ0n) is 40.3. The SMILES string of the molecule is CC(C)(c1ccccc1)c1ccc2c(c1)N(c1ccccc1)c1cc(-c3c4ccccc4c(-c4ccc(-c5ccccc5)c5ccccc45)c4ccccc34)cc3c1B2c1ccccc1N3c1ccccc1. The Balaban J connectivity index is 1.08. The van der Waals surface area contributed by atoms with Crippen molar-refractivity contribution in [1.29, 1.82) is 0 Å². The maximum Gasteiger partial charge on any atom is 0.252 e. The zero-order chi connectivity index (χ0) is 47.9. The van der Waals surface area contributed by atoms with Crippen LogP contribution in [0.3, 0.4) is 0 Å². The number of anilines is 6. The Bertz CT molecular complexity index is 4020. The van der Waals surface area contributed by atoms with Crippen molar-refractivity contribution in [3.63, 3.8) is 0 Å². The minimum atomic E-state index is -0.243. The maximum atomic E-state index is 2.56. The van der Waals surface area contributed by atoms with Crippen LogP contribution in [0.1, 0.15) is 25.0 Å². The second-order valence-corrected chi connectivity index (χ2v) is 19.9. The fourth-order valence-electron chi connectivity index (χ4n) is 12.3. The third-order valence-electron chi connectivity index (χ3n) is 15.7. The van der Waals surface area contributed by atoms with E-state index in [1.54, 1.807) is 0 Å². The monoisotopic (exact) mass is 916 g/mol. The highest BCUT2D eigenvalue weighted by atomic mass is 15.2. The number of nitrogens with zero attached hydrogens (tertiary/aromatic N) is 2. The third-order valence-corrected chi connectivity index (χ3v) is 15.7. The van der Waals surface area contributed by atoms with Crippen molar-refractivity contribution in [3.8, 4) is 33.4 Å². The molecule has 0 saturated heterocycles. The molecule has 0 fully saturated rings. The molecule has 0 unspecified atom stereocenters. The molecule has 2 heterocycles. The number of rotatable bonds is 7. The van der Waals surface area contributed by atoms with Crippen LogP contribution in [0.25, 0.3) is 65.7 Å². The standard InChI is InChI=1S/C69H49BN2/c1-69(2,48-25-9-4-10-26-48)49-39-42-61-63(45-49)72(51-29-13-6-14-30-51)65-44-47(43-64-68(65)70(61)60-37-21-22-38-62(60)71(64)50-27-11-5-12-28-50)66-55-33-17-19-35-57(55)67(58-36-20-18-34-56(58)66)59-41-40-52(46-23-7-3-8-24-46)53-31-15-16-32-54(53)59/h3-45H,1-2H3. The Hall–Kier alpha value is -8.92. The quantitative estimate of drug-likeness (QED) is 0.116. The number of hydrogen-bond donors (Lipinski definition) is 0. The molecule has 2 nitrogen and oxygen atoms in total. The van der Waals surface area contributed by atoms with Gasteiger partial charge in [0.25, 0.3) is 6.71 Å². The van der Waals surface area contributed by atoms with Crippen molar-refractivity contribution in [2.24, 2.45) is 0 Å². The van der Waals surface area contributed by atoms with Gasteiger partial charge < -0.3 is 9.80 Å². The summed E-state index contributed by atoms with van der Waals surface area (Å²) in [5.41, 5.74) is 20.7. The summed E-state index contributed by atoms with van der Waals surface area (Å²) in [6.45, 7) is 4.71. The van der Waals surface area contributed by atoms with E-state index in [0.29, 0.717) is 0 Å². The first-order chi connectivity index (χ1) is 35.5. The molecule has 0 saturated carbocycles. The van der Waals surface area contributed by atoms with Crippen LogP contribution in [0.15, 0.2) is 261 Å². The average molecular weight is 917 g/mol. The van der Waals surface area contributed by atoms with Gasteiger partial charge in [-0.15, -0.1) is 0 Å². The van der Waals surface area contributed by atoms with Crippen molar-refractivity contribution >= 4 is 89.5 Å². The molecule has 0 bridgehead atoms. The summed E-state index contributed by atoms with van der Waals surface area (Å²) < 4.78 is 0. The van der Waals surface area contributed by atoms with E-state index in [1.165, 1.54) is 116 Å². The second-order valence-electron chi connectivity index (χ2n) is 19.9. The van der Waals surface area contributed by atoms with Gasteiger partial charge in [-0.1, -0.05) is 226 Å². The smallest absolute Gasteiger partial charge is 0.252 e. The van der Waals surface area contributed by atoms with E-state index in [-0.39, 0.29) is 12.1 Å². The molecule has 0 aromatic heterocycles. The van der Waals surface area contributed by atoms with Crippen LogP contribution in [0.5, 0.6) is 0 Å². The van der Waals surface area contributed by atoms with E-state index in [4.69, 9.17) is 0 Å². The Morgan fingerprint density at radius 3 is 1.35 bits per heavy atom. The summed E-state index contributed by atoms with van der Waals surface area (Å²) in [7, 11) is 0. The second kappa shape index (κ2) is 16.6. The first-order valence-corrected chi connectivity index (χ1v) is 25.2. The Morgan fingerprint density at radius 1 is 0.306 bits per heavy atom. The van der Waals surface area contributed by atoms with Gasteiger partial charge in [-0.2, -0.15) is 0 Å². The molecule has 2 aliphatic heterocycles. The molecule has 0 N–H and O–H groups in total. The summed E-state index contributed by atoms with van der Waals surface area (Å²) in [5.74, 6) is 0. The van der Waals surface area contributed by atoms with Crippen molar-refractivity contribution in [2.45, 2.75) is 19.3 Å². The third kappa shape index (κ3) is 6.44. The number of hydrogen-bond acceptors (Lipinski definition) is 2. The molecule has 14 rings (SSSR count). The minimum Gasteiger partial charge on any atom is -0.311 e. The number of benzene rings is 12. The van der Waals surface area contributed by atoms with E-state index in [2.05, 4.69) is 285 Å². The van der Waals surface area contributed by atoms with Gasteiger partial charge in [-0.3, -0.25) is 0 Å². The van der Waals surface area contributed by atoms with Gasteiger partial charge in [-0.25, -0.2) is 0 Å². The summed E-state index contributed by atoms with van der Waals surface area (Å²) in [5, 5.41) is 7.41. The lowest BCUT2D eigenvalue weighted by Gasteiger charge is -2.45. The molecule has 0 atom stereocenters. The van der Waals surface area contributed by atoms with Crippen LogP contribution >= 0.6 is 0 Å².